The van der Waals surface area contributed by atoms with Crippen LogP contribution in [-0.2, 0) is 13.2 Å². The van der Waals surface area contributed by atoms with E-state index < -0.39 is 4.92 Å². The molecule has 0 radical (unpaired) electrons. The molecule has 9 heteroatoms. The first-order valence-electron chi connectivity index (χ1n) is 5.69. The molecule has 0 spiro atoms. The largest absolute Gasteiger partial charge is 0.477 e. The molecule has 0 fully saturated rings. The SMILES string of the molecule is CCCn1nnnc1COc1cccnc1[N+](=O)[O-]. The van der Waals surface area contributed by atoms with Crippen LogP contribution in [0.2, 0.25) is 0 Å². The van der Waals surface area contributed by atoms with Crippen molar-refractivity contribution in [1.82, 2.24) is 25.2 Å². The van der Waals surface area contributed by atoms with Crippen molar-refractivity contribution >= 4 is 5.82 Å². The van der Waals surface area contributed by atoms with Crippen molar-refractivity contribution < 1.29 is 9.66 Å². The van der Waals surface area contributed by atoms with Gasteiger partial charge in [0.15, 0.2) is 5.82 Å². The van der Waals surface area contributed by atoms with Gasteiger partial charge in [-0.15, -0.1) is 5.10 Å². The molecule has 0 atom stereocenters. The maximum absolute atomic E-state index is 10.8. The van der Waals surface area contributed by atoms with Crippen molar-refractivity contribution in [1.29, 1.82) is 0 Å². The molecule has 0 aliphatic carbocycles. The monoisotopic (exact) mass is 264 g/mol. The van der Waals surface area contributed by atoms with Crippen LogP contribution in [0.1, 0.15) is 19.2 Å². The second-order valence-corrected chi connectivity index (χ2v) is 3.69. The summed E-state index contributed by atoms with van der Waals surface area (Å²) in [5.41, 5.74) is 0. The summed E-state index contributed by atoms with van der Waals surface area (Å²) in [7, 11) is 0. The summed E-state index contributed by atoms with van der Waals surface area (Å²) in [6.07, 6.45) is 2.22. The van der Waals surface area contributed by atoms with Gasteiger partial charge >= 0.3 is 5.82 Å². The van der Waals surface area contributed by atoms with Gasteiger partial charge in [-0.25, -0.2) is 4.68 Å². The zero-order chi connectivity index (χ0) is 13.7. The maximum atomic E-state index is 10.8. The predicted octanol–water partition coefficient (Wildman–Crippen LogP) is 0.965. The van der Waals surface area contributed by atoms with Crippen molar-refractivity contribution in [3.05, 3.63) is 34.3 Å². The number of nitro groups is 1. The van der Waals surface area contributed by atoms with Crippen LogP contribution in [-0.4, -0.2) is 30.1 Å². The van der Waals surface area contributed by atoms with Crippen LogP contribution in [0.25, 0.3) is 0 Å². The third kappa shape index (κ3) is 3.00. The van der Waals surface area contributed by atoms with E-state index in [-0.39, 0.29) is 18.2 Å². The fourth-order valence-corrected chi connectivity index (χ4v) is 1.49. The highest BCUT2D eigenvalue weighted by Gasteiger charge is 2.16. The molecule has 2 heterocycles. The molecular formula is C10H12N6O3. The molecule has 0 bridgehead atoms. The van der Waals surface area contributed by atoms with Gasteiger partial charge in [-0.3, -0.25) is 0 Å². The molecule has 0 amide bonds. The molecule has 9 nitrogen and oxygen atoms in total. The Labute approximate surface area is 108 Å². The van der Waals surface area contributed by atoms with Crippen molar-refractivity contribution in [3.8, 4) is 5.75 Å². The van der Waals surface area contributed by atoms with E-state index >= 15 is 0 Å². The minimum absolute atomic E-state index is 0.0551. The summed E-state index contributed by atoms with van der Waals surface area (Å²) in [6, 6.07) is 3.05. The number of aromatic nitrogens is 5. The molecule has 100 valence electrons. The molecule has 2 rings (SSSR count). The summed E-state index contributed by atoms with van der Waals surface area (Å²) in [4.78, 5) is 13.8. The van der Waals surface area contributed by atoms with E-state index in [1.807, 2.05) is 6.92 Å². The highest BCUT2D eigenvalue weighted by Crippen LogP contribution is 2.23. The average Bonchev–Trinajstić information content (AvgIpc) is 2.84. The first-order chi connectivity index (χ1) is 9.22. The lowest BCUT2D eigenvalue weighted by Gasteiger charge is -2.05. The second-order valence-electron chi connectivity index (χ2n) is 3.69. The lowest BCUT2D eigenvalue weighted by atomic mass is 10.4. The Bertz CT molecular complexity index is 570. The van der Waals surface area contributed by atoms with Gasteiger partial charge < -0.3 is 14.9 Å². The van der Waals surface area contributed by atoms with E-state index in [0.29, 0.717) is 12.4 Å². The molecule has 19 heavy (non-hydrogen) atoms. The van der Waals surface area contributed by atoms with Crippen LogP contribution >= 0.6 is 0 Å². The van der Waals surface area contributed by atoms with E-state index in [0.717, 1.165) is 6.42 Å². The molecule has 0 aliphatic heterocycles. The topological polar surface area (TPSA) is 109 Å². The van der Waals surface area contributed by atoms with E-state index in [4.69, 9.17) is 4.74 Å². The Balaban J connectivity index is 2.10. The lowest BCUT2D eigenvalue weighted by molar-refractivity contribution is -0.390. The predicted molar refractivity (Wildman–Crippen MR) is 63.3 cm³/mol. The first kappa shape index (κ1) is 12.9. The van der Waals surface area contributed by atoms with Crippen LogP contribution in [0.4, 0.5) is 5.82 Å². The van der Waals surface area contributed by atoms with Crippen LogP contribution in [0, 0.1) is 10.1 Å². The Morgan fingerprint density at radius 2 is 2.37 bits per heavy atom. The molecule has 0 saturated carbocycles. The van der Waals surface area contributed by atoms with Crippen LogP contribution in [0.3, 0.4) is 0 Å². The van der Waals surface area contributed by atoms with Gasteiger partial charge in [-0.05, 0) is 38.9 Å². The molecule has 0 aromatic carbocycles. The standard InChI is InChI=1S/C10H12N6O3/c1-2-6-15-9(12-13-14-15)7-19-8-4-3-5-11-10(8)16(17)18/h3-5H,2,6-7H2,1H3. The van der Waals surface area contributed by atoms with E-state index in [2.05, 4.69) is 20.5 Å². The van der Waals surface area contributed by atoms with Gasteiger partial charge in [0.05, 0.1) is 0 Å². The third-order valence-electron chi connectivity index (χ3n) is 2.32. The molecule has 2 aromatic rings. The number of pyridine rings is 1. The van der Waals surface area contributed by atoms with Crippen molar-refractivity contribution in [2.75, 3.05) is 0 Å². The van der Waals surface area contributed by atoms with E-state index in [1.54, 1.807) is 10.7 Å². The van der Waals surface area contributed by atoms with Gasteiger partial charge in [0.25, 0.3) is 0 Å². The zero-order valence-corrected chi connectivity index (χ0v) is 10.3. The number of aryl methyl sites for hydroxylation is 1. The van der Waals surface area contributed by atoms with Crippen molar-refractivity contribution in [3.63, 3.8) is 0 Å². The smallest absolute Gasteiger partial charge is 0.406 e. The van der Waals surface area contributed by atoms with Gasteiger partial charge in [-0.1, -0.05) is 6.92 Å². The molecule has 0 aliphatic rings. The van der Waals surface area contributed by atoms with Crippen molar-refractivity contribution in [2.45, 2.75) is 26.5 Å². The quantitative estimate of drug-likeness (QED) is 0.564. The molecule has 2 aromatic heterocycles. The molecule has 0 N–H and O–H groups in total. The number of rotatable bonds is 6. The summed E-state index contributed by atoms with van der Waals surface area (Å²) in [5, 5.41) is 21.9. The summed E-state index contributed by atoms with van der Waals surface area (Å²) >= 11 is 0. The highest BCUT2D eigenvalue weighted by atomic mass is 16.6. The maximum Gasteiger partial charge on any atom is 0.406 e. The summed E-state index contributed by atoms with van der Waals surface area (Å²) in [6.45, 7) is 2.72. The van der Waals surface area contributed by atoms with Gasteiger partial charge in [0.1, 0.15) is 12.8 Å². The summed E-state index contributed by atoms with van der Waals surface area (Å²) < 4.78 is 6.96. The molecule has 0 unspecified atom stereocenters. The number of ether oxygens (including phenoxy) is 1. The number of nitrogens with zero attached hydrogens (tertiary/aromatic N) is 6. The van der Waals surface area contributed by atoms with E-state index in [9.17, 15) is 10.1 Å². The Morgan fingerprint density at radius 1 is 1.53 bits per heavy atom. The number of hydrogen-bond donors (Lipinski definition) is 0. The third-order valence-corrected chi connectivity index (χ3v) is 2.32. The first-order valence-corrected chi connectivity index (χ1v) is 5.69. The van der Waals surface area contributed by atoms with E-state index in [1.165, 1.54) is 12.3 Å². The van der Waals surface area contributed by atoms with Gasteiger partial charge in [0.2, 0.25) is 5.75 Å². The highest BCUT2D eigenvalue weighted by molar-refractivity contribution is 5.38. The minimum Gasteiger partial charge on any atom is -0.477 e. The second kappa shape index (κ2) is 5.85. The fourth-order valence-electron chi connectivity index (χ4n) is 1.49. The lowest BCUT2D eigenvalue weighted by Crippen LogP contribution is -2.09. The average molecular weight is 264 g/mol. The summed E-state index contributed by atoms with van der Waals surface area (Å²) in [5.74, 6) is 0.288. The fraction of sp³-hybridized carbons (Fsp3) is 0.400. The Morgan fingerprint density at radius 3 is 3.11 bits per heavy atom. The Hall–Kier alpha value is -2.58. The molecule has 0 saturated heterocycles. The van der Waals surface area contributed by atoms with Crippen LogP contribution < -0.4 is 4.74 Å². The van der Waals surface area contributed by atoms with Gasteiger partial charge in [0, 0.05) is 6.54 Å². The van der Waals surface area contributed by atoms with Crippen LogP contribution in [0.15, 0.2) is 18.3 Å². The normalized spacial score (nSPS) is 10.4. The number of tetrazole rings is 1. The number of hydrogen-bond acceptors (Lipinski definition) is 7. The van der Waals surface area contributed by atoms with Crippen molar-refractivity contribution in [2.24, 2.45) is 0 Å². The van der Waals surface area contributed by atoms with Crippen LogP contribution in [0.5, 0.6) is 5.75 Å². The Kier molecular flexibility index (Phi) is 3.96. The minimum atomic E-state index is -0.593. The zero-order valence-electron chi connectivity index (χ0n) is 10.3. The molecular weight excluding hydrogens is 252 g/mol. The van der Waals surface area contributed by atoms with Gasteiger partial charge in [-0.2, -0.15) is 0 Å².